The molecule has 2 fully saturated rings. The number of benzene rings is 2. The van der Waals surface area contributed by atoms with Gasteiger partial charge in [0.1, 0.15) is 11.1 Å². The highest BCUT2D eigenvalue weighted by molar-refractivity contribution is 7.89. The van der Waals surface area contributed by atoms with E-state index in [1.54, 1.807) is 26.2 Å². The molecule has 10 heteroatoms. The fourth-order valence-corrected chi connectivity index (χ4v) is 8.68. The second kappa shape index (κ2) is 10.2. The highest BCUT2D eigenvalue weighted by Gasteiger charge is 2.40. The highest BCUT2D eigenvalue weighted by atomic mass is 32.2. The van der Waals surface area contributed by atoms with Crippen LogP contribution in [0.15, 0.2) is 48.5 Å². The minimum Gasteiger partial charge on any atom is -0.371 e. The van der Waals surface area contributed by atoms with Gasteiger partial charge in [0.25, 0.3) is 0 Å². The van der Waals surface area contributed by atoms with Crippen LogP contribution in [-0.2, 0) is 26.6 Å². The molecule has 2 saturated heterocycles. The van der Waals surface area contributed by atoms with Gasteiger partial charge in [0.05, 0.1) is 5.25 Å². The van der Waals surface area contributed by atoms with Crippen molar-refractivity contribution < 1.29 is 21.2 Å². The number of anilines is 1. The molecule has 0 spiro atoms. The molecule has 0 aromatic heterocycles. The van der Waals surface area contributed by atoms with E-state index in [-0.39, 0.29) is 12.6 Å². The Morgan fingerprint density at radius 3 is 2.26 bits per heavy atom. The molecule has 2 aromatic carbocycles. The van der Waals surface area contributed by atoms with Gasteiger partial charge in [-0.1, -0.05) is 36.4 Å². The largest absolute Gasteiger partial charge is 0.371 e. The third kappa shape index (κ3) is 5.26. The number of nitrogens with zero attached hydrogens (tertiary/aromatic N) is 3. The minimum absolute atomic E-state index is 0.0118. The summed E-state index contributed by atoms with van der Waals surface area (Å²) in [6.45, 7) is 2.90. The quantitative estimate of drug-likeness (QED) is 0.577. The SMILES string of the molecule is CC1CCC(c2ccccc2)S(=O)(=O)N1Cc1ccc(N2CCC(S(=O)(=O)N(C)C)CC2)cc1F. The van der Waals surface area contributed by atoms with Crippen molar-refractivity contribution in [3.05, 3.63) is 65.5 Å². The molecular formula is C25H34FN3O4S2. The Labute approximate surface area is 208 Å². The van der Waals surface area contributed by atoms with Gasteiger partial charge in [-0.15, -0.1) is 0 Å². The molecule has 2 heterocycles. The van der Waals surface area contributed by atoms with E-state index in [1.165, 1.54) is 14.7 Å². The maximum atomic E-state index is 15.2. The molecule has 2 aliphatic rings. The zero-order chi connectivity index (χ0) is 25.4. The number of rotatable bonds is 6. The molecule has 0 bridgehead atoms. The Kier molecular flexibility index (Phi) is 7.57. The van der Waals surface area contributed by atoms with Gasteiger partial charge in [-0.2, -0.15) is 4.31 Å². The molecule has 2 aromatic rings. The first-order valence-corrected chi connectivity index (χ1v) is 15.0. The van der Waals surface area contributed by atoms with Crippen molar-refractivity contribution in [2.75, 3.05) is 32.1 Å². The van der Waals surface area contributed by atoms with Crippen LogP contribution in [0.2, 0.25) is 0 Å². The molecule has 4 rings (SSSR count). The monoisotopic (exact) mass is 523 g/mol. The van der Waals surface area contributed by atoms with Crippen molar-refractivity contribution in [2.45, 2.75) is 55.7 Å². The Bertz CT molecular complexity index is 1240. The van der Waals surface area contributed by atoms with E-state index in [0.717, 1.165) is 5.56 Å². The lowest BCUT2D eigenvalue weighted by molar-refractivity contribution is 0.279. The smallest absolute Gasteiger partial charge is 0.221 e. The van der Waals surface area contributed by atoms with Crippen LogP contribution in [0.25, 0.3) is 0 Å². The highest BCUT2D eigenvalue weighted by Crippen LogP contribution is 2.38. The average molecular weight is 524 g/mol. The topological polar surface area (TPSA) is 78.0 Å². The van der Waals surface area contributed by atoms with Crippen LogP contribution < -0.4 is 4.90 Å². The van der Waals surface area contributed by atoms with Crippen LogP contribution in [0, 0.1) is 5.82 Å². The van der Waals surface area contributed by atoms with Crippen molar-refractivity contribution >= 4 is 25.7 Å². The maximum Gasteiger partial charge on any atom is 0.221 e. The molecule has 0 saturated carbocycles. The summed E-state index contributed by atoms with van der Waals surface area (Å²) in [4.78, 5) is 1.99. The Morgan fingerprint density at radius 1 is 1.00 bits per heavy atom. The molecular weight excluding hydrogens is 489 g/mol. The van der Waals surface area contributed by atoms with Crippen LogP contribution >= 0.6 is 0 Å². The van der Waals surface area contributed by atoms with Gasteiger partial charge in [0.15, 0.2) is 0 Å². The lowest BCUT2D eigenvalue weighted by Crippen LogP contribution is -2.45. The van der Waals surface area contributed by atoms with Crippen LogP contribution in [-0.4, -0.2) is 63.9 Å². The van der Waals surface area contributed by atoms with Gasteiger partial charge in [-0.05, 0) is 50.3 Å². The molecule has 192 valence electrons. The first-order valence-electron chi connectivity index (χ1n) is 12.0. The summed E-state index contributed by atoms with van der Waals surface area (Å²) >= 11 is 0. The summed E-state index contributed by atoms with van der Waals surface area (Å²) in [7, 11) is -3.87. The lowest BCUT2D eigenvalue weighted by Gasteiger charge is -2.37. The van der Waals surface area contributed by atoms with Gasteiger partial charge >= 0.3 is 0 Å². The minimum atomic E-state index is -3.64. The van der Waals surface area contributed by atoms with Gasteiger partial charge in [-0.3, -0.25) is 0 Å². The normalized spacial score (nSPS) is 24.1. The second-order valence-corrected chi connectivity index (χ2v) is 14.2. The molecule has 2 aliphatic heterocycles. The molecule has 2 atom stereocenters. The number of piperidine rings is 1. The van der Waals surface area contributed by atoms with Crippen molar-refractivity contribution in [1.82, 2.24) is 8.61 Å². The summed E-state index contributed by atoms with van der Waals surface area (Å²) in [6.07, 6.45) is 2.22. The van der Waals surface area contributed by atoms with Gasteiger partial charge in [0, 0.05) is 51.0 Å². The fourth-order valence-electron chi connectivity index (χ4n) is 5.09. The van der Waals surface area contributed by atoms with Crippen LogP contribution in [0.5, 0.6) is 0 Å². The molecule has 35 heavy (non-hydrogen) atoms. The van der Waals surface area contributed by atoms with Gasteiger partial charge < -0.3 is 4.90 Å². The van der Waals surface area contributed by atoms with E-state index in [9.17, 15) is 16.8 Å². The van der Waals surface area contributed by atoms with E-state index >= 15 is 4.39 Å². The van der Waals surface area contributed by atoms with Crippen LogP contribution in [0.4, 0.5) is 10.1 Å². The van der Waals surface area contributed by atoms with E-state index in [4.69, 9.17) is 0 Å². The average Bonchev–Trinajstić information content (AvgIpc) is 2.83. The zero-order valence-electron chi connectivity index (χ0n) is 20.5. The third-order valence-corrected chi connectivity index (χ3v) is 12.0. The third-order valence-electron chi connectivity index (χ3n) is 7.30. The number of halogens is 1. The summed E-state index contributed by atoms with van der Waals surface area (Å²) in [6, 6.07) is 13.9. The predicted molar refractivity (Wildman–Crippen MR) is 137 cm³/mol. The van der Waals surface area contributed by atoms with Crippen molar-refractivity contribution in [3.63, 3.8) is 0 Å². The summed E-state index contributed by atoms with van der Waals surface area (Å²) in [5.74, 6) is -0.449. The van der Waals surface area contributed by atoms with Gasteiger partial charge in [-0.25, -0.2) is 25.5 Å². The van der Waals surface area contributed by atoms with E-state index in [0.29, 0.717) is 50.0 Å². The standard InChI is InChI=1S/C25H34FN3O4S2/c1-19-9-12-25(20-7-5-4-6-8-20)35(32,33)29(19)18-21-10-11-22(17-24(21)26)28-15-13-23(14-16-28)34(30,31)27(2)3/h4-8,10-11,17,19,23,25H,9,12-16,18H2,1-3H3. The summed E-state index contributed by atoms with van der Waals surface area (Å²) < 4.78 is 69.6. The summed E-state index contributed by atoms with van der Waals surface area (Å²) in [5.41, 5.74) is 1.78. The Hall–Kier alpha value is -2.01. The molecule has 0 N–H and O–H groups in total. The van der Waals surface area contributed by atoms with Crippen molar-refractivity contribution in [1.29, 1.82) is 0 Å². The molecule has 0 radical (unpaired) electrons. The lowest BCUT2D eigenvalue weighted by atomic mass is 10.0. The number of sulfonamides is 2. The maximum absolute atomic E-state index is 15.2. The van der Waals surface area contributed by atoms with Crippen LogP contribution in [0.3, 0.4) is 0 Å². The fraction of sp³-hybridized carbons (Fsp3) is 0.520. The first-order chi connectivity index (χ1) is 16.5. The van der Waals surface area contributed by atoms with Crippen LogP contribution in [0.1, 0.15) is 49.0 Å². The number of hydrogen-bond donors (Lipinski definition) is 0. The second-order valence-electron chi connectivity index (χ2n) is 9.71. The van der Waals surface area contributed by atoms with Crippen molar-refractivity contribution in [3.8, 4) is 0 Å². The molecule has 0 amide bonds. The zero-order valence-corrected chi connectivity index (χ0v) is 22.1. The van der Waals surface area contributed by atoms with Crippen molar-refractivity contribution in [2.24, 2.45) is 0 Å². The van der Waals surface area contributed by atoms with E-state index in [1.807, 2.05) is 42.2 Å². The molecule has 7 nitrogen and oxygen atoms in total. The predicted octanol–water partition coefficient (Wildman–Crippen LogP) is 3.74. The first kappa shape index (κ1) is 26.1. The summed E-state index contributed by atoms with van der Waals surface area (Å²) in [5, 5.41) is -1.05. The number of hydrogen-bond acceptors (Lipinski definition) is 5. The Morgan fingerprint density at radius 2 is 1.66 bits per heavy atom. The molecule has 2 unspecified atom stereocenters. The van der Waals surface area contributed by atoms with Gasteiger partial charge in [0.2, 0.25) is 20.0 Å². The Balaban J connectivity index is 1.48. The van der Waals surface area contributed by atoms with E-state index in [2.05, 4.69) is 0 Å². The van der Waals surface area contributed by atoms with E-state index < -0.39 is 36.4 Å². The molecule has 0 aliphatic carbocycles.